The van der Waals surface area contributed by atoms with Crippen molar-refractivity contribution >= 4 is 0 Å². The highest BCUT2D eigenvalue weighted by Crippen LogP contribution is 1.79. The van der Waals surface area contributed by atoms with Gasteiger partial charge in [0.1, 0.15) is 0 Å². The average molecular weight is 104 g/mol. The first-order valence-corrected chi connectivity index (χ1v) is 2.35. The average Bonchev–Trinajstić information content (AvgIpc) is 1.66. The van der Waals surface area contributed by atoms with Crippen molar-refractivity contribution in [2.45, 2.75) is 13.8 Å². The Labute approximate surface area is 49.8 Å². The fourth-order valence-electron chi connectivity index (χ4n) is 0.200. The Morgan fingerprint density at radius 2 is 1.88 bits per heavy atom. The third-order valence-electron chi connectivity index (χ3n) is 0.463. The van der Waals surface area contributed by atoms with Crippen LogP contribution in [0.25, 0.3) is 0 Å². The van der Waals surface area contributed by atoms with E-state index in [1.54, 1.807) is 0 Å². The molecule has 0 aromatic heterocycles. The lowest BCUT2D eigenvalue weighted by Crippen LogP contribution is -1.48. The van der Waals surface area contributed by atoms with Crippen LogP contribution in [0.4, 0.5) is 0 Å². The van der Waals surface area contributed by atoms with Crippen molar-refractivity contribution in [3.8, 4) is 0 Å². The Bertz CT molecular complexity index is 204. The van der Waals surface area contributed by atoms with E-state index in [2.05, 4.69) is 29.5 Å². The van der Waals surface area contributed by atoms with E-state index in [4.69, 9.17) is 0 Å². The van der Waals surface area contributed by atoms with E-state index >= 15 is 0 Å². The fourth-order valence-corrected chi connectivity index (χ4v) is 0.200. The zero-order valence-electron chi connectivity index (χ0n) is 5.21. The second kappa shape index (κ2) is 4.03. The van der Waals surface area contributed by atoms with Gasteiger partial charge in [-0.1, -0.05) is 11.5 Å². The van der Waals surface area contributed by atoms with E-state index in [9.17, 15) is 0 Å². The highest BCUT2D eigenvalue weighted by molar-refractivity contribution is 4.93. The van der Waals surface area contributed by atoms with Crippen LogP contribution in [-0.2, 0) is 0 Å². The minimum Gasteiger partial charge on any atom is -0.0687 e. The summed E-state index contributed by atoms with van der Waals surface area (Å²) in [6.07, 6.45) is 0. The smallest absolute Gasteiger partial charge is 0.0103 e. The Hall–Kier alpha value is -1.14. The summed E-state index contributed by atoms with van der Waals surface area (Å²) in [5, 5.41) is 0. The number of allylic oxidation sites excluding steroid dienone is 1. The number of hydrogen-bond acceptors (Lipinski definition) is 0. The molecule has 0 rings (SSSR count). The van der Waals surface area contributed by atoms with Crippen LogP contribution < -0.4 is 0 Å². The van der Waals surface area contributed by atoms with Gasteiger partial charge < -0.3 is 0 Å². The largest absolute Gasteiger partial charge is 0.0687 e. The van der Waals surface area contributed by atoms with Crippen LogP contribution in [-0.4, -0.2) is 0 Å². The third-order valence-corrected chi connectivity index (χ3v) is 0.463. The maximum absolute atomic E-state index is 3.31. The molecule has 0 aliphatic carbocycles. The first kappa shape index (κ1) is 6.86. The zero-order chi connectivity index (χ0) is 6.41. The summed E-state index contributed by atoms with van der Waals surface area (Å²) in [4.78, 5) is 0. The molecule has 0 heterocycles. The van der Waals surface area contributed by atoms with Crippen molar-refractivity contribution in [2.24, 2.45) is 0 Å². The van der Waals surface area contributed by atoms with Crippen LogP contribution in [0, 0.1) is 0 Å². The standard InChI is InChI=1S/C8H8/c1-4-5-6-7-8(2)3/h1H2,2-3H3. The molecule has 0 aromatic carbocycles. The summed E-state index contributed by atoms with van der Waals surface area (Å²) < 4.78 is 0. The van der Waals surface area contributed by atoms with Crippen LogP contribution in [0.1, 0.15) is 13.8 Å². The molecule has 0 nitrogen and oxygen atoms in total. The Morgan fingerprint density at radius 3 is 2.25 bits per heavy atom. The molecule has 0 amide bonds. The Kier molecular flexibility index (Phi) is 3.46. The molecule has 0 fully saturated rings. The molecular formula is C8H8. The highest BCUT2D eigenvalue weighted by Gasteiger charge is 1.60. The van der Waals surface area contributed by atoms with Gasteiger partial charge in [0.25, 0.3) is 0 Å². The molecule has 0 aliphatic heterocycles. The van der Waals surface area contributed by atoms with E-state index in [0.717, 1.165) is 5.57 Å². The molecule has 8 heavy (non-hydrogen) atoms. The van der Waals surface area contributed by atoms with Crippen molar-refractivity contribution in [3.63, 3.8) is 0 Å². The number of hydrogen-bond donors (Lipinski definition) is 0. The summed E-state index contributed by atoms with van der Waals surface area (Å²) >= 11 is 0. The monoisotopic (exact) mass is 104 g/mol. The highest BCUT2D eigenvalue weighted by atomic mass is 13.6. The van der Waals surface area contributed by atoms with Crippen molar-refractivity contribution in [1.82, 2.24) is 0 Å². The van der Waals surface area contributed by atoms with Gasteiger partial charge in [-0.3, -0.25) is 0 Å². The van der Waals surface area contributed by atoms with E-state index < -0.39 is 0 Å². The quantitative estimate of drug-likeness (QED) is 0.413. The van der Waals surface area contributed by atoms with Crippen molar-refractivity contribution in [3.05, 3.63) is 35.1 Å². The molecule has 0 bridgehead atoms. The van der Waals surface area contributed by atoms with E-state index in [1.807, 2.05) is 13.8 Å². The SMILES string of the molecule is C=C=C=C=C=C(C)C. The Balaban J connectivity index is 4.75. The van der Waals surface area contributed by atoms with Gasteiger partial charge in [0, 0.05) is 0 Å². The van der Waals surface area contributed by atoms with E-state index in [1.165, 1.54) is 0 Å². The molecule has 0 atom stereocenters. The Morgan fingerprint density at radius 1 is 1.25 bits per heavy atom. The minimum atomic E-state index is 1.08. The van der Waals surface area contributed by atoms with Crippen LogP contribution in [0.5, 0.6) is 0 Å². The fraction of sp³-hybridized carbons (Fsp3) is 0.250. The van der Waals surface area contributed by atoms with Crippen LogP contribution in [0.2, 0.25) is 0 Å². The van der Waals surface area contributed by atoms with Gasteiger partial charge in [-0.25, -0.2) is 0 Å². The lowest BCUT2D eigenvalue weighted by molar-refractivity contribution is 1.41. The lowest BCUT2D eigenvalue weighted by atomic mass is 10.4. The van der Waals surface area contributed by atoms with E-state index in [-0.39, 0.29) is 0 Å². The predicted molar refractivity (Wildman–Crippen MR) is 34.5 cm³/mol. The van der Waals surface area contributed by atoms with Gasteiger partial charge in [0.2, 0.25) is 0 Å². The normalized spacial score (nSPS) is 5.25. The molecule has 0 heteroatoms. The molecule has 0 spiro atoms. The first-order chi connectivity index (χ1) is 3.77. The molecular weight excluding hydrogens is 96.1 g/mol. The van der Waals surface area contributed by atoms with Gasteiger partial charge in [-0.05, 0) is 37.5 Å². The van der Waals surface area contributed by atoms with Gasteiger partial charge in [0.05, 0.1) is 0 Å². The molecule has 0 radical (unpaired) electrons. The summed E-state index contributed by atoms with van der Waals surface area (Å²) in [6.45, 7) is 7.19. The van der Waals surface area contributed by atoms with Gasteiger partial charge in [-0.15, -0.1) is 0 Å². The maximum Gasteiger partial charge on any atom is -0.0103 e. The van der Waals surface area contributed by atoms with Crippen molar-refractivity contribution in [1.29, 1.82) is 0 Å². The molecule has 40 valence electrons. The van der Waals surface area contributed by atoms with Crippen molar-refractivity contribution in [2.75, 3.05) is 0 Å². The van der Waals surface area contributed by atoms with Gasteiger partial charge >= 0.3 is 0 Å². The molecule has 0 saturated heterocycles. The predicted octanol–water partition coefficient (Wildman–Crippen LogP) is 2.20. The zero-order valence-corrected chi connectivity index (χ0v) is 5.21. The summed E-state index contributed by atoms with van der Waals surface area (Å²) in [5.74, 6) is 0. The maximum atomic E-state index is 3.31. The second-order valence-electron chi connectivity index (χ2n) is 1.55. The molecule has 0 aliphatic rings. The summed E-state index contributed by atoms with van der Waals surface area (Å²) in [7, 11) is 0. The first-order valence-electron chi connectivity index (χ1n) is 2.35. The minimum absolute atomic E-state index is 1.08. The third kappa shape index (κ3) is 4.86. The van der Waals surface area contributed by atoms with Crippen LogP contribution in [0.3, 0.4) is 0 Å². The van der Waals surface area contributed by atoms with Crippen molar-refractivity contribution < 1.29 is 0 Å². The summed E-state index contributed by atoms with van der Waals surface area (Å²) in [6, 6.07) is 0. The molecule has 0 N–H and O–H groups in total. The summed E-state index contributed by atoms with van der Waals surface area (Å²) in [5.41, 5.74) is 11.5. The van der Waals surface area contributed by atoms with Crippen LogP contribution >= 0.6 is 0 Å². The molecule has 0 saturated carbocycles. The van der Waals surface area contributed by atoms with E-state index in [0.29, 0.717) is 0 Å². The molecule has 0 aromatic rings. The molecule has 0 unspecified atom stereocenters. The van der Waals surface area contributed by atoms with Gasteiger partial charge in [-0.2, -0.15) is 0 Å². The van der Waals surface area contributed by atoms with Gasteiger partial charge in [0.15, 0.2) is 0 Å². The van der Waals surface area contributed by atoms with Crippen LogP contribution in [0.15, 0.2) is 35.1 Å². The lowest BCUT2D eigenvalue weighted by Gasteiger charge is -1.67. The number of rotatable bonds is 0. The topological polar surface area (TPSA) is 0 Å². The second-order valence-corrected chi connectivity index (χ2v) is 1.55.